The van der Waals surface area contributed by atoms with Crippen LogP contribution >= 0.6 is 11.6 Å². The SMILES string of the molecule is O=C(N[C@H]1CCCN(Cc2ccc(Cl)cc2)C1)c1ncn[nH]1. The fourth-order valence-corrected chi connectivity index (χ4v) is 2.86. The van der Waals surface area contributed by atoms with Crippen LogP contribution < -0.4 is 5.32 Å². The van der Waals surface area contributed by atoms with E-state index in [4.69, 9.17) is 11.6 Å². The van der Waals surface area contributed by atoms with Gasteiger partial charge in [-0.3, -0.25) is 14.8 Å². The Balaban J connectivity index is 1.55. The van der Waals surface area contributed by atoms with Gasteiger partial charge in [-0.25, -0.2) is 4.98 Å². The highest BCUT2D eigenvalue weighted by molar-refractivity contribution is 6.30. The number of nitrogens with zero attached hydrogens (tertiary/aromatic N) is 3. The van der Waals surface area contributed by atoms with Crippen molar-refractivity contribution in [2.75, 3.05) is 13.1 Å². The van der Waals surface area contributed by atoms with E-state index in [1.165, 1.54) is 11.9 Å². The molecular formula is C15H18ClN5O. The average Bonchev–Trinajstić information content (AvgIpc) is 3.04. The second kappa shape index (κ2) is 6.89. The van der Waals surface area contributed by atoms with Crippen LogP contribution in [0.4, 0.5) is 0 Å². The van der Waals surface area contributed by atoms with Gasteiger partial charge in [0.05, 0.1) is 0 Å². The molecule has 6 nitrogen and oxygen atoms in total. The molecule has 1 aromatic heterocycles. The van der Waals surface area contributed by atoms with Crippen molar-refractivity contribution in [3.8, 4) is 0 Å². The standard InChI is InChI=1S/C15H18ClN5O/c16-12-5-3-11(4-6-12)8-21-7-1-2-13(9-21)19-15(22)14-17-10-18-20-14/h3-6,10,13H,1-2,7-9H2,(H,19,22)(H,17,18,20)/t13-/m0/s1. The molecule has 0 aliphatic carbocycles. The summed E-state index contributed by atoms with van der Waals surface area (Å²) >= 11 is 5.91. The molecule has 0 unspecified atom stereocenters. The van der Waals surface area contributed by atoms with E-state index in [0.29, 0.717) is 0 Å². The van der Waals surface area contributed by atoms with Gasteiger partial charge >= 0.3 is 0 Å². The van der Waals surface area contributed by atoms with E-state index >= 15 is 0 Å². The minimum absolute atomic E-state index is 0.138. The topological polar surface area (TPSA) is 73.9 Å². The maximum Gasteiger partial charge on any atom is 0.288 e. The number of rotatable bonds is 4. The first-order valence-electron chi connectivity index (χ1n) is 7.34. The van der Waals surface area contributed by atoms with Gasteiger partial charge < -0.3 is 5.32 Å². The molecule has 2 N–H and O–H groups in total. The minimum Gasteiger partial charge on any atom is -0.345 e. The Morgan fingerprint density at radius 3 is 2.95 bits per heavy atom. The smallest absolute Gasteiger partial charge is 0.288 e. The first kappa shape index (κ1) is 15.0. The van der Waals surface area contributed by atoms with Gasteiger partial charge in [-0.15, -0.1) is 0 Å². The molecule has 0 radical (unpaired) electrons. The monoisotopic (exact) mass is 319 g/mol. The molecular weight excluding hydrogens is 302 g/mol. The van der Waals surface area contributed by atoms with E-state index in [1.54, 1.807) is 0 Å². The zero-order valence-electron chi connectivity index (χ0n) is 12.1. The summed E-state index contributed by atoms with van der Waals surface area (Å²) in [6.07, 6.45) is 3.38. The lowest BCUT2D eigenvalue weighted by atomic mass is 10.0. The third kappa shape index (κ3) is 3.84. The molecule has 22 heavy (non-hydrogen) atoms. The molecule has 2 aromatic rings. The summed E-state index contributed by atoms with van der Waals surface area (Å²) in [4.78, 5) is 18.2. The molecule has 1 aliphatic rings. The molecule has 0 saturated carbocycles. The van der Waals surface area contributed by atoms with E-state index in [-0.39, 0.29) is 17.8 Å². The van der Waals surface area contributed by atoms with Crippen molar-refractivity contribution >= 4 is 17.5 Å². The second-order valence-corrected chi connectivity index (χ2v) is 5.94. The van der Waals surface area contributed by atoms with Crippen LogP contribution in [0.25, 0.3) is 0 Å². The molecule has 7 heteroatoms. The highest BCUT2D eigenvalue weighted by Crippen LogP contribution is 2.16. The summed E-state index contributed by atoms with van der Waals surface area (Å²) < 4.78 is 0. The number of amides is 1. The summed E-state index contributed by atoms with van der Waals surface area (Å²) in [5, 5.41) is 10.0. The molecule has 116 valence electrons. The van der Waals surface area contributed by atoms with Gasteiger partial charge in [-0.1, -0.05) is 23.7 Å². The van der Waals surface area contributed by atoms with E-state index in [1.807, 2.05) is 24.3 Å². The molecule has 1 aromatic carbocycles. The van der Waals surface area contributed by atoms with Gasteiger partial charge in [-0.2, -0.15) is 5.10 Å². The van der Waals surface area contributed by atoms with E-state index in [9.17, 15) is 4.79 Å². The number of nitrogens with one attached hydrogen (secondary N) is 2. The van der Waals surface area contributed by atoms with Gasteiger partial charge in [-0.05, 0) is 37.1 Å². The molecule has 1 fully saturated rings. The number of hydrogen-bond acceptors (Lipinski definition) is 4. The van der Waals surface area contributed by atoms with Crippen LogP contribution in [0, 0.1) is 0 Å². The number of halogens is 1. The number of piperidine rings is 1. The van der Waals surface area contributed by atoms with Crippen LogP contribution in [0.15, 0.2) is 30.6 Å². The summed E-state index contributed by atoms with van der Waals surface area (Å²) in [6, 6.07) is 8.03. The number of H-pyrrole nitrogens is 1. The van der Waals surface area contributed by atoms with Crippen LogP contribution in [-0.4, -0.2) is 45.1 Å². The maximum absolute atomic E-state index is 12.0. The molecule has 1 aliphatic heterocycles. The predicted molar refractivity (Wildman–Crippen MR) is 83.6 cm³/mol. The van der Waals surface area contributed by atoms with Crippen molar-refractivity contribution in [3.63, 3.8) is 0 Å². The molecule has 2 heterocycles. The molecule has 0 spiro atoms. The molecule has 3 rings (SSSR count). The molecule has 1 atom stereocenters. The van der Waals surface area contributed by atoms with E-state index in [2.05, 4.69) is 25.4 Å². The summed E-state index contributed by atoms with van der Waals surface area (Å²) in [5.41, 5.74) is 1.23. The number of hydrogen-bond donors (Lipinski definition) is 2. The quantitative estimate of drug-likeness (QED) is 0.902. The van der Waals surface area contributed by atoms with Crippen LogP contribution in [-0.2, 0) is 6.54 Å². The predicted octanol–water partition coefficient (Wildman–Crippen LogP) is 1.85. The number of aromatic amines is 1. The largest absolute Gasteiger partial charge is 0.345 e. The van der Waals surface area contributed by atoms with Crippen molar-refractivity contribution in [3.05, 3.63) is 47.0 Å². The number of carbonyl (C=O) groups is 1. The first-order valence-corrected chi connectivity index (χ1v) is 7.71. The summed E-state index contributed by atoms with van der Waals surface area (Å²) in [6.45, 7) is 2.74. The molecule has 1 saturated heterocycles. The molecule has 1 amide bonds. The highest BCUT2D eigenvalue weighted by atomic mass is 35.5. The average molecular weight is 320 g/mol. The van der Waals surface area contributed by atoms with Crippen LogP contribution in [0.3, 0.4) is 0 Å². The zero-order chi connectivity index (χ0) is 15.4. The van der Waals surface area contributed by atoms with Gasteiger partial charge in [0.15, 0.2) is 0 Å². The minimum atomic E-state index is -0.198. The van der Waals surface area contributed by atoms with Gasteiger partial charge in [0.1, 0.15) is 6.33 Å². The maximum atomic E-state index is 12.0. The van der Waals surface area contributed by atoms with Crippen molar-refractivity contribution in [2.24, 2.45) is 0 Å². The van der Waals surface area contributed by atoms with Crippen molar-refractivity contribution in [1.29, 1.82) is 0 Å². The lowest BCUT2D eigenvalue weighted by Crippen LogP contribution is -2.47. The Hall–Kier alpha value is -1.92. The first-order chi connectivity index (χ1) is 10.7. The molecule has 0 bridgehead atoms. The van der Waals surface area contributed by atoms with Gasteiger partial charge in [0.25, 0.3) is 5.91 Å². The van der Waals surface area contributed by atoms with Gasteiger partial charge in [0.2, 0.25) is 5.82 Å². The van der Waals surface area contributed by atoms with Gasteiger partial charge in [0, 0.05) is 24.2 Å². The van der Waals surface area contributed by atoms with Crippen molar-refractivity contribution in [1.82, 2.24) is 25.4 Å². The Bertz CT molecular complexity index is 613. The fraction of sp³-hybridized carbons (Fsp3) is 0.400. The zero-order valence-corrected chi connectivity index (χ0v) is 12.9. The number of carbonyl (C=O) groups excluding carboxylic acids is 1. The lowest BCUT2D eigenvalue weighted by Gasteiger charge is -2.33. The van der Waals surface area contributed by atoms with Crippen molar-refractivity contribution < 1.29 is 4.79 Å². The summed E-state index contributed by atoms with van der Waals surface area (Å²) in [5.74, 6) is 0.0608. The lowest BCUT2D eigenvalue weighted by molar-refractivity contribution is 0.0890. The van der Waals surface area contributed by atoms with E-state index < -0.39 is 0 Å². The van der Waals surface area contributed by atoms with Crippen LogP contribution in [0.2, 0.25) is 5.02 Å². The number of aromatic nitrogens is 3. The normalized spacial score (nSPS) is 19.0. The van der Waals surface area contributed by atoms with E-state index in [0.717, 1.165) is 37.5 Å². The Morgan fingerprint density at radius 2 is 2.23 bits per heavy atom. The van der Waals surface area contributed by atoms with Crippen molar-refractivity contribution in [2.45, 2.75) is 25.4 Å². The third-order valence-corrected chi connectivity index (χ3v) is 4.04. The Morgan fingerprint density at radius 1 is 1.41 bits per heavy atom. The summed E-state index contributed by atoms with van der Waals surface area (Å²) in [7, 11) is 0. The number of likely N-dealkylation sites (tertiary alicyclic amines) is 1. The Labute approximate surface area is 133 Å². The van der Waals surface area contributed by atoms with Crippen LogP contribution in [0.5, 0.6) is 0 Å². The second-order valence-electron chi connectivity index (χ2n) is 5.51. The number of benzene rings is 1. The Kier molecular flexibility index (Phi) is 4.70. The third-order valence-electron chi connectivity index (χ3n) is 3.79. The fourth-order valence-electron chi connectivity index (χ4n) is 2.73. The van der Waals surface area contributed by atoms with Crippen LogP contribution in [0.1, 0.15) is 29.0 Å². The highest BCUT2D eigenvalue weighted by Gasteiger charge is 2.22.